The number of aromatic nitrogens is 2. The molecule has 0 fully saturated rings. The average Bonchev–Trinajstić information content (AvgIpc) is 3.25. The van der Waals surface area contributed by atoms with Gasteiger partial charge in [0, 0.05) is 28.7 Å². The fourth-order valence-electron chi connectivity index (χ4n) is 2.96. The molecule has 0 atom stereocenters. The van der Waals surface area contributed by atoms with Crippen molar-refractivity contribution >= 4 is 34.0 Å². The lowest BCUT2D eigenvalue weighted by Crippen LogP contribution is -2.33. The van der Waals surface area contributed by atoms with Crippen LogP contribution in [0.25, 0.3) is 11.3 Å². The molecule has 2 heterocycles. The number of anilines is 1. The zero-order valence-corrected chi connectivity index (χ0v) is 17.1. The molecule has 0 spiro atoms. The zero-order valence-electron chi connectivity index (χ0n) is 15.5. The van der Waals surface area contributed by atoms with Crippen molar-refractivity contribution in [3.05, 3.63) is 101 Å². The molecule has 0 bridgehead atoms. The van der Waals surface area contributed by atoms with Crippen LogP contribution in [0.3, 0.4) is 0 Å². The molecule has 1 amide bonds. The lowest BCUT2D eigenvalue weighted by molar-refractivity contribution is 0.0982. The van der Waals surface area contributed by atoms with Crippen molar-refractivity contribution in [3.8, 4) is 11.3 Å². The predicted octanol–water partition coefficient (Wildman–Crippen LogP) is 5.75. The van der Waals surface area contributed by atoms with Crippen molar-refractivity contribution in [1.29, 1.82) is 0 Å². The fraction of sp³-hybridized carbons (Fsp3) is 0.0870. The second kappa shape index (κ2) is 8.99. The molecule has 0 N–H and O–H groups in total. The maximum Gasteiger partial charge on any atom is 0.278 e. The maximum atomic E-state index is 13.2. The van der Waals surface area contributed by atoms with Crippen LogP contribution in [0.2, 0.25) is 5.02 Å². The number of amides is 1. The van der Waals surface area contributed by atoms with Gasteiger partial charge in [-0.1, -0.05) is 72.3 Å². The average molecular weight is 420 g/mol. The largest absolute Gasteiger partial charge is 0.282 e. The van der Waals surface area contributed by atoms with Crippen molar-refractivity contribution in [1.82, 2.24) is 9.97 Å². The Morgan fingerprint density at radius 2 is 1.72 bits per heavy atom. The topological polar surface area (TPSA) is 46.1 Å². The zero-order chi connectivity index (χ0) is 20.1. The van der Waals surface area contributed by atoms with Crippen LogP contribution in [0.4, 0.5) is 5.13 Å². The van der Waals surface area contributed by atoms with Crippen molar-refractivity contribution in [3.63, 3.8) is 0 Å². The van der Waals surface area contributed by atoms with E-state index in [1.807, 2.05) is 53.9 Å². The highest BCUT2D eigenvalue weighted by Gasteiger charge is 2.22. The molecular formula is C23H18ClN3OS. The van der Waals surface area contributed by atoms with E-state index in [2.05, 4.69) is 17.1 Å². The predicted molar refractivity (Wildman–Crippen MR) is 119 cm³/mol. The van der Waals surface area contributed by atoms with E-state index in [9.17, 15) is 4.79 Å². The Labute approximate surface area is 178 Å². The lowest BCUT2D eigenvalue weighted by Gasteiger charge is -2.19. The molecule has 29 heavy (non-hydrogen) atoms. The second-order valence-electron chi connectivity index (χ2n) is 6.43. The molecule has 6 heteroatoms. The van der Waals surface area contributed by atoms with Gasteiger partial charge >= 0.3 is 0 Å². The van der Waals surface area contributed by atoms with Crippen LogP contribution in [0.15, 0.2) is 84.4 Å². The first-order valence-corrected chi connectivity index (χ1v) is 10.4. The van der Waals surface area contributed by atoms with Gasteiger partial charge in [-0.3, -0.25) is 14.7 Å². The summed E-state index contributed by atoms with van der Waals surface area (Å²) >= 11 is 7.52. The quantitative estimate of drug-likeness (QED) is 0.400. The van der Waals surface area contributed by atoms with Crippen molar-refractivity contribution in [2.45, 2.75) is 6.42 Å². The third kappa shape index (κ3) is 4.70. The molecule has 0 saturated heterocycles. The molecule has 4 aromatic rings. The number of rotatable bonds is 6. The summed E-state index contributed by atoms with van der Waals surface area (Å²) in [6.07, 6.45) is 2.26. The molecule has 2 aromatic carbocycles. The van der Waals surface area contributed by atoms with E-state index in [4.69, 9.17) is 16.6 Å². The Morgan fingerprint density at radius 3 is 2.45 bits per heavy atom. The molecule has 4 rings (SSSR count). The summed E-state index contributed by atoms with van der Waals surface area (Å²) in [4.78, 5) is 23.9. The first-order chi connectivity index (χ1) is 14.2. The molecule has 0 aliphatic rings. The Kier molecular flexibility index (Phi) is 5.98. The van der Waals surface area contributed by atoms with E-state index in [-0.39, 0.29) is 5.91 Å². The Balaban J connectivity index is 1.64. The smallest absolute Gasteiger partial charge is 0.278 e. The van der Waals surface area contributed by atoms with Gasteiger partial charge < -0.3 is 0 Å². The van der Waals surface area contributed by atoms with Gasteiger partial charge in [-0.05, 0) is 24.1 Å². The van der Waals surface area contributed by atoms with Crippen LogP contribution in [0.5, 0.6) is 0 Å². The molecule has 0 radical (unpaired) electrons. The number of carbonyl (C=O) groups is 1. The Hall–Kier alpha value is -3.02. The highest BCUT2D eigenvalue weighted by molar-refractivity contribution is 7.14. The molecule has 0 unspecified atom stereocenters. The van der Waals surface area contributed by atoms with E-state index in [0.29, 0.717) is 28.8 Å². The summed E-state index contributed by atoms with van der Waals surface area (Å²) in [5.74, 6) is -0.211. The summed E-state index contributed by atoms with van der Waals surface area (Å²) in [6, 6.07) is 23.3. The van der Waals surface area contributed by atoms with E-state index >= 15 is 0 Å². The number of thiazole rings is 1. The van der Waals surface area contributed by atoms with Crippen LogP contribution in [0, 0.1) is 0 Å². The van der Waals surface area contributed by atoms with Gasteiger partial charge in [0.2, 0.25) is 0 Å². The molecule has 2 aromatic heterocycles. The van der Waals surface area contributed by atoms with Gasteiger partial charge in [0.1, 0.15) is 5.69 Å². The first-order valence-electron chi connectivity index (χ1n) is 9.19. The third-order valence-corrected chi connectivity index (χ3v) is 5.54. The van der Waals surface area contributed by atoms with E-state index in [1.165, 1.54) is 11.3 Å². The monoisotopic (exact) mass is 419 g/mol. The maximum absolute atomic E-state index is 13.2. The number of carbonyl (C=O) groups excluding carboxylic acids is 1. The minimum atomic E-state index is -0.211. The van der Waals surface area contributed by atoms with E-state index in [1.54, 1.807) is 23.2 Å². The summed E-state index contributed by atoms with van der Waals surface area (Å²) in [5.41, 5.74) is 3.33. The third-order valence-electron chi connectivity index (χ3n) is 4.45. The molecule has 0 aliphatic heterocycles. The lowest BCUT2D eigenvalue weighted by atomic mass is 10.1. The van der Waals surface area contributed by atoms with Crippen LogP contribution >= 0.6 is 22.9 Å². The van der Waals surface area contributed by atoms with Gasteiger partial charge in [0.05, 0.1) is 5.69 Å². The highest BCUT2D eigenvalue weighted by Crippen LogP contribution is 2.28. The summed E-state index contributed by atoms with van der Waals surface area (Å²) in [5, 5.41) is 3.10. The summed E-state index contributed by atoms with van der Waals surface area (Å²) < 4.78 is 0. The SMILES string of the molecule is O=C(c1cc(Cl)ccn1)N(CCc1ccccc1)c1nc(-c2ccccc2)cs1. The molecule has 0 aliphatic carbocycles. The molecule has 0 saturated carbocycles. The van der Waals surface area contributed by atoms with Gasteiger partial charge in [-0.15, -0.1) is 11.3 Å². The van der Waals surface area contributed by atoms with Crippen molar-refractivity contribution < 1.29 is 4.79 Å². The fourth-order valence-corrected chi connectivity index (χ4v) is 3.98. The molecule has 4 nitrogen and oxygen atoms in total. The Bertz CT molecular complexity index is 1100. The van der Waals surface area contributed by atoms with Crippen LogP contribution in [0.1, 0.15) is 16.1 Å². The van der Waals surface area contributed by atoms with Gasteiger partial charge in [0.15, 0.2) is 5.13 Å². The number of pyridine rings is 1. The van der Waals surface area contributed by atoms with Crippen LogP contribution < -0.4 is 4.90 Å². The summed E-state index contributed by atoms with van der Waals surface area (Å²) in [6.45, 7) is 0.499. The highest BCUT2D eigenvalue weighted by atomic mass is 35.5. The number of hydrogen-bond acceptors (Lipinski definition) is 4. The number of halogens is 1. The standard InChI is InChI=1S/C23H18ClN3OS/c24-19-11-13-25-20(15-19)22(28)27(14-12-17-7-3-1-4-8-17)23-26-21(16-29-23)18-9-5-2-6-10-18/h1-11,13,15-16H,12,14H2. The van der Waals surface area contributed by atoms with Crippen molar-refractivity contribution in [2.24, 2.45) is 0 Å². The van der Waals surface area contributed by atoms with Crippen molar-refractivity contribution in [2.75, 3.05) is 11.4 Å². The van der Waals surface area contributed by atoms with E-state index in [0.717, 1.165) is 16.8 Å². The van der Waals surface area contributed by atoms with Crippen LogP contribution in [-0.2, 0) is 6.42 Å². The van der Waals surface area contributed by atoms with Crippen LogP contribution in [-0.4, -0.2) is 22.4 Å². The van der Waals surface area contributed by atoms with E-state index < -0.39 is 0 Å². The minimum Gasteiger partial charge on any atom is -0.282 e. The second-order valence-corrected chi connectivity index (χ2v) is 7.71. The number of benzene rings is 2. The van der Waals surface area contributed by atoms with Gasteiger partial charge in [-0.25, -0.2) is 4.98 Å². The molecule has 144 valence electrons. The Morgan fingerprint density at radius 1 is 1.00 bits per heavy atom. The number of hydrogen-bond donors (Lipinski definition) is 0. The minimum absolute atomic E-state index is 0.211. The van der Waals surface area contributed by atoms with Gasteiger partial charge in [0.25, 0.3) is 5.91 Å². The molecular weight excluding hydrogens is 402 g/mol. The first kappa shape index (κ1) is 19.3. The normalized spacial score (nSPS) is 10.7. The summed E-state index contributed by atoms with van der Waals surface area (Å²) in [7, 11) is 0. The van der Waals surface area contributed by atoms with Gasteiger partial charge in [-0.2, -0.15) is 0 Å². The number of nitrogens with zero attached hydrogens (tertiary/aromatic N) is 3.